The molecule has 2 aliphatic rings. The first-order valence-electron chi connectivity index (χ1n) is 7.16. The van der Waals surface area contributed by atoms with Gasteiger partial charge in [0.2, 0.25) is 0 Å². The number of nitrogens with zero attached hydrogens (tertiary/aromatic N) is 1. The number of hydrogen-bond donors (Lipinski definition) is 1. The smallest absolute Gasteiger partial charge is 0.0611 e. The first kappa shape index (κ1) is 13.4. The molecule has 2 aliphatic heterocycles. The van der Waals surface area contributed by atoms with Crippen LogP contribution < -0.4 is 5.32 Å². The molecule has 2 heterocycles. The Labute approximate surface area is 119 Å². The van der Waals surface area contributed by atoms with Crippen LogP contribution in [-0.2, 0) is 11.2 Å². The van der Waals surface area contributed by atoms with Gasteiger partial charge in [-0.1, -0.05) is 12.1 Å². The fraction of sp³-hybridized carbons (Fsp3) is 0.600. The highest BCUT2D eigenvalue weighted by Gasteiger charge is 2.19. The average Bonchev–Trinajstić information content (AvgIpc) is 2.43. The van der Waals surface area contributed by atoms with Crippen molar-refractivity contribution in [3.63, 3.8) is 0 Å². The Bertz CT molecular complexity index is 386. The van der Waals surface area contributed by atoms with Crippen molar-refractivity contribution in [1.29, 1.82) is 0 Å². The fourth-order valence-corrected chi connectivity index (χ4v) is 3.44. The molecular weight excluding hydrogens is 256 g/mol. The number of benzene rings is 1. The van der Waals surface area contributed by atoms with E-state index in [9.17, 15) is 0 Å². The summed E-state index contributed by atoms with van der Waals surface area (Å²) in [6.07, 6.45) is 1.16. The van der Waals surface area contributed by atoms with E-state index in [0.29, 0.717) is 5.25 Å². The molecule has 3 nitrogen and oxygen atoms in total. The molecule has 104 valence electrons. The van der Waals surface area contributed by atoms with Gasteiger partial charge in [0.15, 0.2) is 0 Å². The van der Waals surface area contributed by atoms with Gasteiger partial charge in [-0.3, -0.25) is 0 Å². The van der Waals surface area contributed by atoms with E-state index in [2.05, 4.69) is 34.5 Å². The van der Waals surface area contributed by atoms with E-state index in [1.165, 1.54) is 30.1 Å². The highest BCUT2D eigenvalue weighted by atomic mass is 32.2. The van der Waals surface area contributed by atoms with Crippen LogP contribution in [0.4, 0.5) is 0 Å². The van der Waals surface area contributed by atoms with Gasteiger partial charge >= 0.3 is 0 Å². The number of rotatable bonds is 5. The van der Waals surface area contributed by atoms with Crippen molar-refractivity contribution >= 4 is 11.8 Å². The second-order valence-corrected chi connectivity index (χ2v) is 6.64. The van der Waals surface area contributed by atoms with Crippen molar-refractivity contribution in [3.8, 4) is 0 Å². The zero-order valence-corrected chi connectivity index (χ0v) is 12.1. The third kappa shape index (κ3) is 3.96. The molecule has 0 unspecified atom stereocenters. The Balaban J connectivity index is 1.45. The molecule has 0 amide bonds. The van der Waals surface area contributed by atoms with E-state index >= 15 is 0 Å². The topological polar surface area (TPSA) is 24.5 Å². The van der Waals surface area contributed by atoms with Crippen LogP contribution in [0.1, 0.15) is 5.56 Å². The molecular formula is C15H22N2OS. The van der Waals surface area contributed by atoms with Crippen molar-refractivity contribution in [2.45, 2.75) is 16.6 Å². The van der Waals surface area contributed by atoms with Gasteiger partial charge in [-0.15, -0.1) is 11.8 Å². The second kappa shape index (κ2) is 6.75. The number of thioether (sulfide) groups is 1. The first-order valence-corrected chi connectivity index (χ1v) is 8.04. The van der Waals surface area contributed by atoms with Gasteiger partial charge < -0.3 is 15.0 Å². The molecule has 1 aromatic rings. The van der Waals surface area contributed by atoms with Crippen LogP contribution in [0.2, 0.25) is 0 Å². The zero-order valence-electron chi connectivity index (χ0n) is 11.3. The van der Waals surface area contributed by atoms with E-state index in [4.69, 9.17) is 4.74 Å². The van der Waals surface area contributed by atoms with Crippen molar-refractivity contribution < 1.29 is 4.74 Å². The van der Waals surface area contributed by atoms with Gasteiger partial charge in [0.25, 0.3) is 0 Å². The monoisotopic (exact) mass is 278 g/mol. The number of nitrogens with one attached hydrogen (secondary N) is 1. The maximum absolute atomic E-state index is 5.21. The van der Waals surface area contributed by atoms with Crippen LogP contribution in [0, 0.1) is 0 Å². The summed E-state index contributed by atoms with van der Waals surface area (Å²) in [7, 11) is 0. The third-order valence-electron chi connectivity index (χ3n) is 3.76. The lowest BCUT2D eigenvalue weighted by Gasteiger charge is -2.27. The number of piperazine rings is 1. The largest absolute Gasteiger partial charge is 0.379 e. The SMILES string of the molecule is c1cc(SC2COC2)ccc1CCN1CCNCC1. The van der Waals surface area contributed by atoms with Crippen LogP contribution in [-0.4, -0.2) is 56.1 Å². The third-order valence-corrected chi connectivity index (χ3v) is 4.91. The second-order valence-electron chi connectivity index (χ2n) is 5.26. The van der Waals surface area contributed by atoms with E-state index < -0.39 is 0 Å². The molecule has 0 bridgehead atoms. The Kier molecular flexibility index (Phi) is 4.77. The minimum atomic E-state index is 0.673. The summed E-state index contributed by atoms with van der Waals surface area (Å²) in [6.45, 7) is 7.67. The molecule has 0 aliphatic carbocycles. The highest BCUT2D eigenvalue weighted by Crippen LogP contribution is 2.28. The summed E-state index contributed by atoms with van der Waals surface area (Å²) >= 11 is 1.94. The predicted molar refractivity (Wildman–Crippen MR) is 79.9 cm³/mol. The lowest BCUT2D eigenvalue weighted by Crippen LogP contribution is -2.44. The van der Waals surface area contributed by atoms with E-state index in [-0.39, 0.29) is 0 Å². The molecule has 0 spiro atoms. The molecule has 0 aromatic heterocycles. The maximum atomic E-state index is 5.21. The molecule has 0 saturated carbocycles. The normalized spacial score (nSPS) is 21.3. The van der Waals surface area contributed by atoms with Gasteiger partial charge in [0.1, 0.15) is 0 Å². The Morgan fingerprint density at radius 2 is 1.89 bits per heavy atom. The van der Waals surface area contributed by atoms with Crippen molar-refractivity contribution in [2.24, 2.45) is 0 Å². The highest BCUT2D eigenvalue weighted by molar-refractivity contribution is 8.00. The predicted octanol–water partition coefficient (Wildman–Crippen LogP) is 1.63. The maximum Gasteiger partial charge on any atom is 0.0611 e. The van der Waals surface area contributed by atoms with Gasteiger partial charge in [-0.25, -0.2) is 0 Å². The summed E-state index contributed by atoms with van der Waals surface area (Å²) in [5.41, 5.74) is 1.45. The molecule has 2 saturated heterocycles. The van der Waals surface area contributed by atoms with Gasteiger partial charge in [-0.2, -0.15) is 0 Å². The van der Waals surface area contributed by atoms with E-state index in [0.717, 1.165) is 32.7 Å². The van der Waals surface area contributed by atoms with Crippen molar-refractivity contribution in [1.82, 2.24) is 10.2 Å². The summed E-state index contributed by atoms with van der Waals surface area (Å²) in [4.78, 5) is 3.92. The standard InChI is InChI=1S/C15H22N2OS/c1-3-14(19-15-11-18-12-15)4-2-13(1)5-8-17-9-6-16-7-10-17/h1-4,15-16H,5-12H2. The molecule has 2 fully saturated rings. The molecule has 1 aromatic carbocycles. The van der Waals surface area contributed by atoms with Crippen molar-refractivity contribution in [3.05, 3.63) is 29.8 Å². The Morgan fingerprint density at radius 3 is 2.53 bits per heavy atom. The van der Waals surface area contributed by atoms with Gasteiger partial charge in [0, 0.05) is 37.6 Å². The zero-order chi connectivity index (χ0) is 12.9. The van der Waals surface area contributed by atoms with E-state index in [1.807, 2.05) is 11.8 Å². The number of hydrogen-bond acceptors (Lipinski definition) is 4. The van der Waals surface area contributed by atoms with Gasteiger partial charge in [-0.05, 0) is 24.1 Å². The molecule has 4 heteroatoms. The quantitative estimate of drug-likeness (QED) is 0.885. The summed E-state index contributed by atoms with van der Waals surface area (Å²) < 4.78 is 5.21. The first-order chi connectivity index (χ1) is 9.40. The summed E-state index contributed by atoms with van der Waals surface area (Å²) in [6, 6.07) is 9.08. The minimum Gasteiger partial charge on any atom is -0.379 e. The molecule has 3 rings (SSSR count). The Morgan fingerprint density at radius 1 is 1.16 bits per heavy atom. The Hall–Kier alpha value is -0.550. The van der Waals surface area contributed by atoms with Crippen molar-refractivity contribution in [2.75, 3.05) is 45.9 Å². The van der Waals surface area contributed by atoms with E-state index in [1.54, 1.807) is 0 Å². The van der Waals surface area contributed by atoms with Crippen LogP contribution in [0.15, 0.2) is 29.2 Å². The fourth-order valence-electron chi connectivity index (χ4n) is 2.43. The average molecular weight is 278 g/mol. The molecule has 1 N–H and O–H groups in total. The van der Waals surface area contributed by atoms with Crippen LogP contribution in [0.25, 0.3) is 0 Å². The molecule has 19 heavy (non-hydrogen) atoms. The van der Waals surface area contributed by atoms with Crippen LogP contribution in [0.3, 0.4) is 0 Å². The number of ether oxygens (including phenoxy) is 1. The lowest BCUT2D eigenvalue weighted by atomic mass is 10.1. The lowest BCUT2D eigenvalue weighted by molar-refractivity contribution is 0.0455. The summed E-state index contributed by atoms with van der Waals surface area (Å²) in [5.74, 6) is 0. The summed E-state index contributed by atoms with van der Waals surface area (Å²) in [5, 5.41) is 4.07. The van der Waals surface area contributed by atoms with Crippen LogP contribution in [0.5, 0.6) is 0 Å². The van der Waals surface area contributed by atoms with Crippen LogP contribution >= 0.6 is 11.8 Å². The molecule has 0 atom stereocenters. The minimum absolute atomic E-state index is 0.673. The molecule has 0 radical (unpaired) electrons. The van der Waals surface area contributed by atoms with Gasteiger partial charge in [0.05, 0.1) is 18.5 Å².